The lowest BCUT2D eigenvalue weighted by atomic mass is 9.66. The summed E-state index contributed by atoms with van der Waals surface area (Å²) in [6.45, 7) is 10.2. The SMILES string of the molecule is C=CCN(C)C(=O)[C@@H]1[C@H]2C(=O)N([C@@H](CO)Cc3ccccc3)C(C(=O)N(CC=C)c3ccc4ccccc4c3)C23CC[C@@]1(C)S3. The number of hydrogen-bond acceptors (Lipinski definition) is 5. The fourth-order valence-electron chi connectivity index (χ4n) is 8.01. The maximum Gasteiger partial charge on any atom is 0.251 e. The molecule has 3 heterocycles. The maximum atomic E-state index is 15.1. The molecule has 1 spiro atoms. The number of fused-ring (bicyclic) bond motifs is 2. The van der Waals surface area contributed by atoms with Crippen molar-refractivity contribution in [3.05, 3.63) is 104 Å². The van der Waals surface area contributed by atoms with E-state index in [1.165, 1.54) is 0 Å². The predicted molar refractivity (Wildman–Crippen MR) is 181 cm³/mol. The molecular formula is C37H41N3O4S. The number of likely N-dealkylation sites (N-methyl/N-ethyl adjacent to an activating group) is 1. The molecule has 234 valence electrons. The van der Waals surface area contributed by atoms with Gasteiger partial charge in [0.1, 0.15) is 6.04 Å². The normalized spacial score (nSPS) is 27.3. The van der Waals surface area contributed by atoms with E-state index in [-0.39, 0.29) is 30.9 Å². The molecule has 0 saturated carbocycles. The molecule has 3 saturated heterocycles. The van der Waals surface area contributed by atoms with Crippen LogP contribution >= 0.6 is 11.8 Å². The highest BCUT2D eigenvalue weighted by atomic mass is 32.2. The number of aliphatic hydroxyl groups excluding tert-OH is 1. The van der Waals surface area contributed by atoms with Crippen LogP contribution in [-0.4, -0.2) is 80.9 Å². The van der Waals surface area contributed by atoms with Crippen LogP contribution < -0.4 is 4.90 Å². The van der Waals surface area contributed by atoms with Crippen LogP contribution in [0.5, 0.6) is 0 Å². The van der Waals surface area contributed by atoms with Gasteiger partial charge in [-0.2, -0.15) is 0 Å². The molecule has 3 aliphatic heterocycles. The summed E-state index contributed by atoms with van der Waals surface area (Å²) in [6.07, 6.45) is 5.13. The van der Waals surface area contributed by atoms with E-state index in [0.717, 1.165) is 28.4 Å². The Morgan fingerprint density at radius 3 is 2.38 bits per heavy atom. The lowest BCUT2D eigenvalue weighted by Gasteiger charge is -2.39. The molecule has 0 aromatic heterocycles. The number of amides is 3. The number of rotatable bonds is 11. The molecule has 45 heavy (non-hydrogen) atoms. The van der Waals surface area contributed by atoms with E-state index in [1.54, 1.807) is 45.7 Å². The highest BCUT2D eigenvalue weighted by Gasteiger charge is 2.78. The Hall–Kier alpha value is -3.88. The highest BCUT2D eigenvalue weighted by molar-refractivity contribution is 8.02. The van der Waals surface area contributed by atoms with Crippen LogP contribution in [0.25, 0.3) is 10.8 Å². The zero-order chi connectivity index (χ0) is 31.9. The second kappa shape index (κ2) is 12.1. The lowest BCUT2D eigenvalue weighted by Crippen LogP contribution is -2.58. The van der Waals surface area contributed by atoms with Crippen molar-refractivity contribution in [1.82, 2.24) is 9.80 Å². The number of benzene rings is 3. The predicted octanol–water partition coefficient (Wildman–Crippen LogP) is 5.09. The van der Waals surface area contributed by atoms with E-state index in [1.807, 2.05) is 72.8 Å². The Balaban J connectivity index is 1.47. The first-order valence-electron chi connectivity index (χ1n) is 15.6. The number of carbonyl (C=O) groups excluding carboxylic acids is 3. The molecular weight excluding hydrogens is 582 g/mol. The van der Waals surface area contributed by atoms with Gasteiger partial charge in [-0.15, -0.1) is 24.9 Å². The summed E-state index contributed by atoms with van der Waals surface area (Å²) in [7, 11) is 1.74. The molecule has 0 aliphatic carbocycles. The molecule has 7 nitrogen and oxygen atoms in total. The number of nitrogens with zero attached hydrogens (tertiary/aromatic N) is 3. The Labute approximate surface area is 269 Å². The summed E-state index contributed by atoms with van der Waals surface area (Å²) in [5.74, 6) is -1.79. The minimum Gasteiger partial charge on any atom is -0.394 e. The number of aliphatic hydroxyl groups is 1. The van der Waals surface area contributed by atoms with Crippen LogP contribution in [0.15, 0.2) is 98.1 Å². The van der Waals surface area contributed by atoms with Crippen molar-refractivity contribution in [3.8, 4) is 0 Å². The number of anilines is 1. The van der Waals surface area contributed by atoms with Crippen molar-refractivity contribution in [2.24, 2.45) is 11.8 Å². The van der Waals surface area contributed by atoms with Gasteiger partial charge in [0.2, 0.25) is 11.8 Å². The average Bonchev–Trinajstić information content (AvgIpc) is 3.62. The molecule has 6 atom stereocenters. The zero-order valence-corrected chi connectivity index (χ0v) is 26.8. The fraction of sp³-hybridized carbons (Fsp3) is 0.378. The minimum atomic E-state index is -0.864. The second-order valence-electron chi connectivity index (χ2n) is 12.8. The first-order valence-corrected chi connectivity index (χ1v) is 16.4. The van der Waals surface area contributed by atoms with Crippen LogP contribution in [0.4, 0.5) is 5.69 Å². The molecule has 0 radical (unpaired) electrons. The summed E-state index contributed by atoms with van der Waals surface area (Å²) in [6, 6.07) is 22.2. The monoisotopic (exact) mass is 623 g/mol. The Morgan fingerprint density at radius 2 is 1.69 bits per heavy atom. The topological polar surface area (TPSA) is 81.2 Å². The molecule has 3 fully saturated rings. The van der Waals surface area contributed by atoms with Gasteiger partial charge in [-0.25, -0.2) is 0 Å². The average molecular weight is 624 g/mol. The molecule has 3 aliphatic rings. The summed E-state index contributed by atoms with van der Waals surface area (Å²) < 4.78 is -1.30. The van der Waals surface area contributed by atoms with Crippen molar-refractivity contribution >= 4 is 45.9 Å². The van der Waals surface area contributed by atoms with Crippen molar-refractivity contribution in [2.45, 2.75) is 47.8 Å². The fourth-order valence-corrected chi connectivity index (χ4v) is 10.3. The van der Waals surface area contributed by atoms with Gasteiger partial charge in [0.25, 0.3) is 5.91 Å². The van der Waals surface area contributed by atoms with E-state index >= 15 is 4.79 Å². The van der Waals surface area contributed by atoms with Gasteiger partial charge in [-0.05, 0) is 54.7 Å². The standard InChI is InChI=1S/C37H41N3O4S/c1-5-20-38(4)33(42)30-31-34(43)40(29(24-41)22-25-12-8-7-9-13-25)32(37(31)19-18-36(30,3)45-37)35(44)39(21-6-2)28-17-16-26-14-10-11-15-27(26)23-28/h5-17,23,29-32,41H,1-2,18-22,24H2,3-4H3/t29-,30+,31+,32?,36-,37?/m1/s1. The first-order chi connectivity index (χ1) is 21.7. The van der Waals surface area contributed by atoms with Gasteiger partial charge in [0, 0.05) is 30.6 Å². The van der Waals surface area contributed by atoms with Crippen molar-refractivity contribution < 1.29 is 19.5 Å². The van der Waals surface area contributed by atoms with Gasteiger partial charge in [-0.1, -0.05) is 72.8 Å². The third kappa shape index (κ3) is 5.08. The Bertz CT molecular complexity index is 1640. The second-order valence-corrected chi connectivity index (χ2v) is 14.7. The summed E-state index contributed by atoms with van der Waals surface area (Å²) in [5.41, 5.74) is 1.68. The molecule has 3 aromatic carbocycles. The van der Waals surface area contributed by atoms with E-state index in [2.05, 4.69) is 20.1 Å². The van der Waals surface area contributed by atoms with Crippen LogP contribution in [-0.2, 0) is 20.8 Å². The minimum absolute atomic E-state index is 0.0982. The third-order valence-electron chi connectivity index (χ3n) is 10.0. The van der Waals surface area contributed by atoms with Crippen LogP contribution in [0.1, 0.15) is 25.3 Å². The molecule has 2 unspecified atom stereocenters. The van der Waals surface area contributed by atoms with Gasteiger partial charge >= 0.3 is 0 Å². The number of carbonyl (C=O) groups is 3. The maximum absolute atomic E-state index is 15.1. The molecule has 3 amide bonds. The largest absolute Gasteiger partial charge is 0.394 e. The lowest BCUT2D eigenvalue weighted by molar-refractivity contribution is -0.145. The Morgan fingerprint density at radius 1 is 1.00 bits per heavy atom. The van der Waals surface area contributed by atoms with E-state index in [4.69, 9.17) is 0 Å². The third-order valence-corrected chi connectivity index (χ3v) is 12.0. The van der Waals surface area contributed by atoms with Crippen LogP contribution in [0, 0.1) is 11.8 Å². The van der Waals surface area contributed by atoms with E-state index < -0.39 is 33.4 Å². The molecule has 3 aromatic rings. The van der Waals surface area contributed by atoms with Gasteiger partial charge in [0.05, 0.1) is 29.2 Å². The molecule has 2 bridgehead atoms. The molecule has 6 rings (SSSR count). The van der Waals surface area contributed by atoms with E-state index in [9.17, 15) is 14.7 Å². The Kier molecular flexibility index (Phi) is 8.39. The van der Waals surface area contributed by atoms with E-state index in [0.29, 0.717) is 19.4 Å². The summed E-state index contributed by atoms with van der Waals surface area (Å²) >= 11 is 1.64. The summed E-state index contributed by atoms with van der Waals surface area (Å²) in [4.78, 5) is 49.0. The van der Waals surface area contributed by atoms with Gasteiger partial charge < -0.3 is 19.8 Å². The van der Waals surface area contributed by atoms with Crippen molar-refractivity contribution in [3.63, 3.8) is 0 Å². The number of hydrogen-bond donors (Lipinski definition) is 1. The highest BCUT2D eigenvalue weighted by Crippen LogP contribution is 2.72. The summed E-state index contributed by atoms with van der Waals surface area (Å²) in [5, 5.41) is 12.9. The molecule has 8 heteroatoms. The number of likely N-dealkylation sites (tertiary alicyclic amines) is 1. The molecule has 1 N–H and O–H groups in total. The number of thioether (sulfide) groups is 1. The van der Waals surface area contributed by atoms with Gasteiger partial charge in [0.15, 0.2) is 0 Å². The van der Waals surface area contributed by atoms with Crippen molar-refractivity contribution in [2.75, 3.05) is 31.6 Å². The van der Waals surface area contributed by atoms with Crippen LogP contribution in [0.3, 0.4) is 0 Å². The van der Waals surface area contributed by atoms with Crippen LogP contribution in [0.2, 0.25) is 0 Å². The van der Waals surface area contributed by atoms with Crippen molar-refractivity contribution in [1.29, 1.82) is 0 Å². The quantitative estimate of drug-likeness (QED) is 0.301. The smallest absolute Gasteiger partial charge is 0.251 e. The zero-order valence-electron chi connectivity index (χ0n) is 26.0. The van der Waals surface area contributed by atoms with Gasteiger partial charge in [-0.3, -0.25) is 14.4 Å². The first kappa shape index (κ1) is 31.1.